The van der Waals surface area contributed by atoms with Crippen molar-refractivity contribution in [3.8, 4) is 0 Å². The Morgan fingerprint density at radius 3 is 2.79 bits per heavy atom. The quantitative estimate of drug-likeness (QED) is 0.679. The maximum atomic E-state index is 13.0. The highest BCUT2D eigenvalue weighted by atomic mass is 19.1. The van der Waals surface area contributed by atoms with Crippen molar-refractivity contribution in [1.29, 1.82) is 0 Å². The lowest BCUT2D eigenvalue weighted by molar-refractivity contribution is -0.116. The van der Waals surface area contributed by atoms with Crippen molar-refractivity contribution in [2.45, 2.75) is 13.3 Å². The molecule has 0 unspecified atom stereocenters. The summed E-state index contributed by atoms with van der Waals surface area (Å²) in [5, 5.41) is 0. The standard InChI is InChI=1S/C11H12FNO/c1-8-6-9(2-3-11(8)12)13-5-4-10(14)7-13/h2-3,6H,4-5,7H2,1H3. The van der Waals surface area contributed by atoms with Crippen LogP contribution in [0.4, 0.5) is 10.1 Å². The van der Waals surface area contributed by atoms with Crippen molar-refractivity contribution < 1.29 is 9.18 Å². The third-order valence-electron chi connectivity index (χ3n) is 2.53. The number of carbonyl (C=O) groups excluding carboxylic acids is 1. The van der Waals surface area contributed by atoms with Gasteiger partial charge < -0.3 is 4.90 Å². The lowest BCUT2D eigenvalue weighted by Crippen LogP contribution is -2.19. The topological polar surface area (TPSA) is 20.3 Å². The molecule has 0 saturated carbocycles. The first-order chi connectivity index (χ1) is 6.66. The highest BCUT2D eigenvalue weighted by Crippen LogP contribution is 2.21. The molecule has 1 aromatic carbocycles. The minimum atomic E-state index is -0.195. The van der Waals surface area contributed by atoms with Gasteiger partial charge in [-0.25, -0.2) is 4.39 Å². The molecule has 0 atom stereocenters. The Balaban J connectivity index is 2.24. The maximum Gasteiger partial charge on any atom is 0.153 e. The molecule has 1 heterocycles. The number of halogens is 1. The normalized spacial score (nSPS) is 16.4. The van der Waals surface area contributed by atoms with Crippen LogP contribution in [0.15, 0.2) is 18.2 Å². The Labute approximate surface area is 82.3 Å². The summed E-state index contributed by atoms with van der Waals surface area (Å²) in [6.07, 6.45) is 0.608. The molecule has 1 aliphatic heterocycles. The van der Waals surface area contributed by atoms with E-state index in [0.717, 1.165) is 12.2 Å². The molecule has 0 aliphatic carbocycles. The lowest BCUT2D eigenvalue weighted by Gasteiger charge is -2.16. The monoisotopic (exact) mass is 193 g/mol. The predicted molar refractivity (Wildman–Crippen MR) is 53.0 cm³/mol. The second-order valence-corrected chi connectivity index (χ2v) is 3.64. The first-order valence-corrected chi connectivity index (χ1v) is 4.69. The fraction of sp³-hybridized carbons (Fsp3) is 0.364. The largest absolute Gasteiger partial charge is 0.364 e. The number of aryl methyl sites for hydroxylation is 1. The van der Waals surface area contributed by atoms with Gasteiger partial charge in [-0.1, -0.05) is 0 Å². The molecular formula is C11H12FNO. The lowest BCUT2D eigenvalue weighted by atomic mass is 10.2. The smallest absolute Gasteiger partial charge is 0.153 e. The summed E-state index contributed by atoms with van der Waals surface area (Å²) in [5.74, 6) is 0.0613. The molecule has 0 radical (unpaired) electrons. The van der Waals surface area contributed by atoms with Gasteiger partial charge in [0, 0.05) is 18.7 Å². The average Bonchev–Trinajstić information content (AvgIpc) is 2.57. The van der Waals surface area contributed by atoms with Crippen molar-refractivity contribution in [3.63, 3.8) is 0 Å². The Kier molecular flexibility index (Phi) is 2.23. The first-order valence-electron chi connectivity index (χ1n) is 4.69. The predicted octanol–water partition coefficient (Wildman–Crippen LogP) is 1.91. The molecule has 2 rings (SSSR count). The van der Waals surface area contributed by atoms with Gasteiger partial charge in [0.2, 0.25) is 0 Å². The summed E-state index contributed by atoms with van der Waals surface area (Å²) < 4.78 is 13.0. The van der Waals surface area contributed by atoms with Crippen LogP contribution in [0.1, 0.15) is 12.0 Å². The van der Waals surface area contributed by atoms with Crippen LogP contribution in [0.2, 0.25) is 0 Å². The number of hydrogen-bond acceptors (Lipinski definition) is 2. The fourth-order valence-electron chi connectivity index (χ4n) is 1.68. The van der Waals surface area contributed by atoms with E-state index >= 15 is 0 Å². The Morgan fingerprint density at radius 1 is 1.43 bits per heavy atom. The van der Waals surface area contributed by atoms with Crippen LogP contribution in [0, 0.1) is 12.7 Å². The molecule has 14 heavy (non-hydrogen) atoms. The van der Waals surface area contributed by atoms with Crippen LogP contribution in [0.3, 0.4) is 0 Å². The third kappa shape index (κ3) is 1.62. The average molecular weight is 193 g/mol. The van der Waals surface area contributed by atoms with Crippen molar-refractivity contribution in [2.24, 2.45) is 0 Å². The van der Waals surface area contributed by atoms with Crippen molar-refractivity contribution >= 4 is 11.5 Å². The van der Waals surface area contributed by atoms with Crippen LogP contribution in [0.25, 0.3) is 0 Å². The van der Waals surface area contributed by atoms with Crippen LogP contribution >= 0.6 is 0 Å². The molecule has 0 N–H and O–H groups in total. The summed E-state index contributed by atoms with van der Waals surface area (Å²) in [5.41, 5.74) is 1.57. The van der Waals surface area contributed by atoms with E-state index in [9.17, 15) is 9.18 Å². The second-order valence-electron chi connectivity index (χ2n) is 3.64. The van der Waals surface area contributed by atoms with Gasteiger partial charge in [-0.05, 0) is 30.7 Å². The van der Waals surface area contributed by atoms with Crippen molar-refractivity contribution in [2.75, 3.05) is 18.0 Å². The molecule has 0 spiro atoms. The van der Waals surface area contributed by atoms with Crippen LogP contribution < -0.4 is 4.90 Å². The Bertz CT molecular complexity index is 376. The van der Waals surface area contributed by atoms with Gasteiger partial charge in [-0.3, -0.25) is 4.79 Å². The van der Waals surface area contributed by atoms with Crippen LogP contribution in [-0.4, -0.2) is 18.9 Å². The van der Waals surface area contributed by atoms with E-state index in [4.69, 9.17) is 0 Å². The van der Waals surface area contributed by atoms with Crippen molar-refractivity contribution in [1.82, 2.24) is 0 Å². The summed E-state index contributed by atoms with van der Waals surface area (Å²) in [7, 11) is 0. The molecule has 0 bridgehead atoms. The van der Waals surface area contributed by atoms with Gasteiger partial charge in [-0.2, -0.15) is 0 Å². The number of rotatable bonds is 1. The van der Waals surface area contributed by atoms with E-state index in [1.807, 2.05) is 4.90 Å². The summed E-state index contributed by atoms with van der Waals surface area (Å²) in [6, 6.07) is 4.96. The van der Waals surface area contributed by atoms with Gasteiger partial charge in [-0.15, -0.1) is 0 Å². The van der Waals surface area contributed by atoms with E-state index in [-0.39, 0.29) is 11.6 Å². The molecule has 1 aliphatic rings. The summed E-state index contributed by atoms with van der Waals surface area (Å²) in [4.78, 5) is 13.0. The molecule has 1 saturated heterocycles. The highest BCUT2D eigenvalue weighted by molar-refractivity contribution is 5.87. The number of hydrogen-bond donors (Lipinski definition) is 0. The number of carbonyl (C=O) groups is 1. The first kappa shape index (κ1) is 9.19. The zero-order valence-corrected chi connectivity index (χ0v) is 8.09. The molecule has 2 nitrogen and oxygen atoms in total. The maximum absolute atomic E-state index is 13.0. The number of benzene rings is 1. The van der Waals surface area contributed by atoms with Gasteiger partial charge >= 0.3 is 0 Å². The minimum Gasteiger partial charge on any atom is -0.364 e. The van der Waals surface area contributed by atoms with E-state index in [1.165, 1.54) is 6.07 Å². The number of ketones is 1. The molecule has 74 valence electrons. The zero-order valence-electron chi connectivity index (χ0n) is 8.09. The number of anilines is 1. The molecule has 3 heteroatoms. The van der Waals surface area contributed by atoms with E-state index in [2.05, 4.69) is 0 Å². The number of nitrogens with zero attached hydrogens (tertiary/aromatic N) is 1. The highest BCUT2D eigenvalue weighted by Gasteiger charge is 2.19. The Hall–Kier alpha value is -1.38. The second kappa shape index (κ2) is 3.40. The zero-order chi connectivity index (χ0) is 10.1. The molecule has 1 fully saturated rings. The van der Waals surface area contributed by atoms with Crippen LogP contribution in [-0.2, 0) is 4.79 Å². The Morgan fingerprint density at radius 2 is 2.21 bits per heavy atom. The summed E-state index contributed by atoms with van der Waals surface area (Å²) in [6.45, 7) is 2.95. The van der Waals surface area contributed by atoms with Gasteiger partial charge in [0.1, 0.15) is 5.82 Å². The molecule has 1 aromatic rings. The van der Waals surface area contributed by atoms with Gasteiger partial charge in [0.15, 0.2) is 5.78 Å². The van der Waals surface area contributed by atoms with Gasteiger partial charge in [0.25, 0.3) is 0 Å². The SMILES string of the molecule is Cc1cc(N2CCC(=O)C2)ccc1F. The molecule has 0 amide bonds. The molecule has 0 aromatic heterocycles. The van der Waals surface area contributed by atoms with Gasteiger partial charge in [0.05, 0.1) is 6.54 Å². The third-order valence-corrected chi connectivity index (χ3v) is 2.53. The summed E-state index contributed by atoms with van der Waals surface area (Å²) >= 11 is 0. The van der Waals surface area contributed by atoms with Crippen LogP contribution in [0.5, 0.6) is 0 Å². The molecular weight excluding hydrogens is 181 g/mol. The fourth-order valence-corrected chi connectivity index (χ4v) is 1.68. The minimum absolute atomic E-state index is 0.195. The van der Waals surface area contributed by atoms with E-state index in [1.54, 1.807) is 19.1 Å². The number of Topliss-reactive ketones (excluding diaryl/α,β-unsaturated/α-hetero) is 1. The van der Waals surface area contributed by atoms with Crippen molar-refractivity contribution in [3.05, 3.63) is 29.6 Å². The van der Waals surface area contributed by atoms with E-state index in [0.29, 0.717) is 18.5 Å². The van der Waals surface area contributed by atoms with E-state index < -0.39 is 0 Å².